The number of aliphatic carboxylic acids is 2. The van der Waals surface area contributed by atoms with E-state index in [9.17, 15) is 19.8 Å². The van der Waals surface area contributed by atoms with Gasteiger partial charge in [0, 0.05) is 12.8 Å². The summed E-state index contributed by atoms with van der Waals surface area (Å²) in [5.74, 6) is -3.16. The largest absolute Gasteiger partial charge is 0.478 e. The van der Waals surface area contributed by atoms with E-state index in [2.05, 4.69) is 25.3 Å². The van der Waals surface area contributed by atoms with Crippen LogP contribution >= 0.6 is 37.0 Å². The van der Waals surface area contributed by atoms with E-state index in [0.29, 0.717) is 0 Å². The Labute approximate surface area is 113 Å². The highest BCUT2D eigenvalue weighted by molar-refractivity contribution is 8.03. The molecule has 0 fully saturated rings. The maximum absolute atomic E-state index is 10.9. The molecule has 0 amide bonds. The van der Waals surface area contributed by atoms with Crippen molar-refractivity contribution < 1.29 is 30.0 Å². The third-order valence-electron chi connectivity index (χ3n) is 1.91. The monoisotopic (exact) mass is 302 g/mol. The highest BCUT2D eigenvalue weighted by atomic mass is 32.2. The van der Waals surface area contributed by atoms with E-state index in [-0.39, 0.29) is 36.1 Å². The molecule has 0 saturated carbocycles. The van der Waals surface area contributed by atoms with Gasteiger partial charge in [0.25, 0.3) is 0 Å². The molecule has 6 nitrogen and oxygen atoms in total. The first-order valence-corrected chi connectivity index (χ1v) is 6.63. The summed E-state index contributed by atoms with van der Waals surface area (Å²) in [4.78, 5) is 17.0. The molecule has 0 aliphatic rings. The standard InChI is InChI=1S/C8H14O6S3/c9-5(10)7(13,1-3-15)17-8(14,2-4-16)6(11)12/h13-16H,1-4H2,(H,9,10)(H,11,12). The van der Waals surface area contributed by atoms with Crippen molar-refractivity contribution >= 4 is 49.0 Å². The fourth-order valence-electron chi connectivity index (χ4n) is 0.986. The molecule has 2 unspecified atom stereocenters. The number of aliphatic hydroxyl groups is 2. The van der Waals surface area contributed by atoms with Crippen LogP contribution in [0.1, 0.15) is 12.8 Å². The second kappa shape index (κ2) is 6.74. The van der Waals surface area contributed by atoms with Crippen LogP contribution in [0.2, 0.25) is 0 Å². The molecule has 0 spiro atoms. The molecule has 17 heavy (non-hydrogen) atoms. The quantitative estimate of drug-likeness (QED) is 0.274. The average molecular weight is 302 g/mol. The average Bonchev–Trinajstić information content (AvgIpc) is 2.17. The van der Waals surface area contributed by atoms with Gasteiger partial charge in [-0.05, 0) is 11.5 Å². The van der Waals surface area contributed by atoms with Crippen molar-refractivity contribution in [3.63, 3.8) is 0 Å². The van der Waals surface area contributed by atoms with E-state index in [1.807, 2.05) is 0 Å². The molecule has 0 aliphatic carbocycles. The van der Waals surface area contributed by atoms with Gasteiger partial charge in [0.1, 0.15) is 0 Å². The molecular weight excluding hydrogens is 288 g/mol. The Morgan fingerprint density at radius 3 is 1.41 bits per heavy atom. The van der Waals surface area contributed by atoms with Crippen molar-refractivity contribution in [2.45, 2.75) is 22.7 Å². The van der Waals surface area contributed by atoms with Crippen molar-refractivity contribution in [3.8, 4) is 0 Å². The van der Waals surface area contributed by atoms with Crippen LogP contribution in [0.15, 0.2) is 0 Å². The van der Waals surface area contributed by atoms with Gasteiger partial charge in [-0.3, -0.25) is 0 Å². The smallest absolute Gasteiger partial charge is 0.346 e. The second-order valence-corrected chi connectivity index (χ2v) is 5.68. The minimum Gasteiger partial charge on any atom is -0.478 e. The Morgan fingerprint density at radius 2 is 1.24 bits per heavy atom. The van der Waals surface area contributed by atoms with Gasteiger partial charge < -0.3 is 20.4 Å². The van der Waals surface area contributed by atoms with Crippen LogP contribution in [0, 0.1) is 0 Å². The summed E-state index contributed by atoms with van der Waals surface area (Å²) in [5.41, 5.74) is 0. The summed E-state index contributed by atoms with van der Waals surface area (Å²) in [6.45, 7) is 0. The fourth-order valence-corrected chi connectivity index (χ4v) is 3.08. The number of thiol groups is 2. The predicted molar refractivity (Wildman–Crippen MR) is 69.7 cm³/mol. The number of carboxylic acid groups (broad SMARTS) is 2. The van der Waals surface area contributed by atoms with Crippen LogP contribution in [0.4, 0.5) is 0 Å². The first-order valence-electron chi connectivity index (χ1n) is 4.55. The summed E-state index contributed by atoms with van der Waals surface area (Å²) in [6, 6.07) is 0. The van der Waals surface area contributed by atoms with E-state index in [1.54, 1.807) is 0 Å². The molecule has 0 radical (unpaired) electrons. The van der Waals surface area contributed by atoms with E-state index in [0.717, 1.165) is 0 Å². The molecule has 0 aromatic carbocycles. The lowest BCUT2D eigenvalue weighted by atomic mass is 10.2. The zero-order valence-corrected chi connectivity index (χ0v) is 11.3. The molecule has 0 aliphatic heterocycles. The summed E-state index contributed by atoms with van der Waals surface area (Å²) < 4.78 is 0. The van der Waals surface area contributed by atoms with Crippen molar-refractivity contribution in [1.29, 1.82) is 0 Å². The van der Waals surface area contributed by atoms with E-state index in [4.69, 9.17) is 10.2 Å². The minimum atomic E-state index is -2.39. The van der Waals surface area contributed by atoms with Crippen LogP contribution in [0.25, 0.3) is 0 Å². The number of rotatable bonds is 8. The first-order chi connectivity index (χ1) is 7.72. The lowest BCUT2D eigenvalue weighted by molar-refractivity contribution is -0.152. The van der Waals surface area contributed by atoms with Gasteiger partial charge in [0.05, 0.1) is 0 Å². The van der Waals surface area contributed by atoms with Crippen molar-refractivity contribution in [1.82, 2.24) is 0 Å². The molecular formula is C8H14O6S3. The third-order valence-corrected chi connectivity index (χ3v) is 3.79. The number of carboxylic acids is 2. The second-order valence-electron chi connectivity index (χ2n) is 3.23. The van der Waals surface area contributed by atoms with Gasteiger partial charge in [-0.2, -0.15) is 25.3 Å². The summed E-state index contributed by atoms with van der Waals surface area (Å²) >= 11 is 7.64. The normalized spacial score (nSPS) is 18.1. The lowest BCUT2D eigenvalue weighted by Gasteiger charge is -2.30. The maximum atomic E-state index is 10.9. The fraction of sp³-hybridized carbons (Fsp3) is 0.750. The lowest BCUT2D eigenvalue weighted by Crippen LogP contribution is -2.46. The number of hydrogen-bond donors (Lipinski definition) is 6. The van der Waals surface area contributed by atoms with Crippen molar-refractivity contribution in [2.75, 3.05) is 11.5 Å². The van der Waals surface area contributed by atoms with E-state index >= 15 is 0 Å². The van der Waals surface area contributed by atoms with Crippen LogP contribution in [-0.2, 0) is 9.59 Å². The van der Waals surface area contributed by atoms with Gasteiger partial charge in [0.2, 0.25) is 9.87 Å². The molecule has 100 valence electrons. The molecule has 9 heteroatoms. The Morgan fingerprint density at radius 1 is 0.941 bits per heavy atom. The molecule has 0 aromatic rings. The zero-order valence-electron chi connectivity index (χ0n) is 8.74. The van der Waals surface area contributed by atoms with Gasteiger partial charge in [-0.25, -0.2) is 9.59 Å². The molecule has 0 rings (SSSR count). The van der Waals surface area contributed by atoms with Crippen LogP contribution in [-0.4, -0.2) is 53.7 Å². The van der Waals surface area contributed by atoms with Gasteiger partial charge >= 0.3 is 11.9 Å². The number of thioether (sulfide) groups is 1. The Kier molecular flexibility index (Phi) is 6.70. The maximum Gasteiger partial charge on any atom is 0.346 e. The summed E-state index contributed by atoms with van der Waals surface area (Å²) in [7, 11) is 0. The summed E-state index contributed by atoms with van der Waals surface area (Å²) in [5, 5.41) is 37.2. The number of hydrogen-bond acceptors (Lipinski definition) is 7. The Balaban J connectivity index is 5.06. The molecule has 0 bridgehead atoms. The van der Waals surface area contributed by atoms with E-state index < -0.39 is 21.8 Å². The number of carbonyl (C=O) groups is 2. The molecule has 2 atom stereocenters. The van der Waals surface area contributed by atoms with Gasteiger partial charge in [0.15, 0.2) is 0 Å². The van der Waals surface area contributed by atoms with Gasteiger partial charge in [-0.15, -0.1) is 0 Å². The summed E-state index contributed by atoms with van der Waals surface area (Å²) in [6.07, 6.45) is -0.587. The van der Waals surface area contributed by atoms with Crippen LogP contribution in [0.5, 0.6) is 0 Å². The molecule has 0 aromatic heterocycles. The Bertz CT molecular complexity index is 271. The van der Waals surface area contributed by atoms with Crippen LogP contribution in [0.3, 0.4) is 0 Å². The molecule has 0 heterocycles. The van der Waals surface area contributed by atoms with Crippen molar-refractivity contribution in [2.24, 2.45) is 0 Å². The van der Waals surface area contributed by atoms with Gasteiger partial charge in [-0.1, -0.05) is 11.8 Å². The third kappa shape index (κ3) is 4.59. The highest BCUT2D eigenvalue weighted by Crippen LogP contribution is 2.39. The topological polar surface area (TPSA) is 115 Å². The zero-order chi connectivity index (χ0) is 13.7. The molecule has 0 saturated heterocycles. The van der Waals surface area contributed by atoms with Crippen molar-refractivity contribution in [3.05, 3.63) is 0 Å². The highest BCUT2D eigenvalue weighted by Gasteiger charge is 2.48. The Hall–Kier alpha value is -0.0900. The SMILES string of the molecule is O=C(O)C(O)(CCS)SC(O)(CCS)C(=O)O. The van der Waals surface area contributed by atoms with Crippen LogP contribution < -0.4 is 0 Å². The predicted octanol–water partition coefficient (Wildman–Crippen LogP) is -0.0942. The van der Waals surface area contributed by atoms with E-state index in [1.165, 1.54) is 0 Å². The molecule has 4 N–H and O–H groups in total. The first kappa shape index (κ1) is 16.9. The minimum absolute atomic E-state index is 0.0341.